The Morgan fingerprint density at radius 2 is 1.81 bits per heavy atom. The zero-order valence-electron chi connectivity index (χ0n) is 15.5. The molecule has 8 heteroatoms. The summed E-state index contributed by atoms with van der Waals surface area (Å²) in [6.07, 6.45) is 0.243. The van der Waals surface area contributed by atoms with Crippen LogP contribution in [0.15, 0.2) is 24.3 Å². The molecule has 0 unspecified atom stereocenters. The predicted octanol–water partition coefficient (Wildman–Crippen LogP) is 1.98. The molecule has 1 aromatic carbocycles. The molecular formula is C19H22ClN5O2. The van der Waals surface area contributed by atoms with Crippen LogP contribution in [0.25, 0.3) is 0 Å². The third-order valence-electron chi connectivity index (χ3n) is 5.09. The van der Waals surface area contributed by atoms with Gasteiger partial charge in [0, 0.05) is 31.7 Å². The van der Waals surface area contributed by atoms with Crippen LogP contribution in [0.2, 0.25) is 5.15 Å². The number of piperazine rings is 1. The molecule has 1 aromatic heterocycles. The Morgan fingerprint density at radius 1 is 1.11 bits per heavy atom. The molecule has 2 aliphatic rings. The molecule has 7 nitrogen and oxygen atoms in total. The van der Waals surface area contributed by atoms with Crippen molar-refractivity contribution in [2.75, 3.05) is 50.1 Å². The van der Waals surface area contributed by atoms with Crippen molar-refractivity contribution in [1.82, 2.24) is 14.9 Å². The number of carbonyl (C=O) groups excluding carboxylic acids is 1. The largest absolute Gasteiger partial charge is 0.497 e. The Bertz CT molecular complexity index is 850. The quantitative estimate of drug-likeness (QED) is 0.747. The highest BCUT2D eigenvalue weighted by Gasteiger charge is 2.33. The van der Waals surface area contributed by atoms with Gasteiger partial charge in [0.2, 0.25) is 11.9 Å². The number of nitrogens with zero attached hydrogens (tertiary/aromatic N) is 5. The summed E-state index contributed by atoms with van der Waals surface area (Å²) in [6.45, 7) is 4.04. The molecule has 0 radical (unpaired) electrons. The van der Waals surface area contributed by atoms with E-state index in [9.17, 15) is 4.79 Å². The molecule has 0 N–H and O–H groups in total. The smallest absolute Gasteiger partial charge is 0.233 e. The molecule has 2 aromatic rings. The average Bonchev–Trinajstić information content (AvgIpc) is 2.99. The number of rotatable bonds is 4. The van der Waals surface area contributed by atoms with Crippen molar-refractivity contribution in [3.05, 3.63) is 40.5 Å². The number of fused-ring (bicyclic) bond motifs is 1. The van der Waals surface area contributed by atoms with Crippen LogP contribution in [-0.2, 0) is 17.8 Å². The number of hydrogen-bond donors (Lipinski definition) is 0. The number of ether oxygens (including phenoxy) is 1. The summed E-state index contributed by atoms with van der Waals surface area (Å²) in [6, 6.07) is 7.68. The number of anilines is 2. The molecule has 1 fully saturated rings. The molecule has 4 rings (SSSR count). The lowest BCUT2D eigenvalue weighted by atomic mass is 10.2. The van der Waals surface area contributed by atoms with Gasteiger partial charge in [-0.15, -0.1) is 0 Å². The number of aromatic nitrogens is 2. The van der Waals surface area contributed by atoms with Crippen LogP contribution in [0.3, 0.4) is 0 Å². The highest BCUT2D eigenvalue weighted by atomic mass is 35.5. The minimum Gasteiger partial charge on any atom is -0.497 e. The maximum Gasteiger partial charge on any atom is 0.233 e. The first-order valence-corrected chi connectivity index (χ1v) is 9.36. The minimum absolute atomic E-state index is 0.00690. The van der Waals surface area contributed by atoms with Crippen molar-refractivity contribution in [2.24, 2.45) is 0 Å². The van der Waals surface area contributed by atoms with E-state index in [2.05, 4.69) is 21.8 Å². The number of carbonyl (C=O) groups is 1. The van der Waals surface area contributed by atoms with E-state index in [0.717, 1.165) is 37.5 Å². The summed E-state index contributed by atoms with van der Waals surface area (Å²) in [4.78, 5) is 27.9. The molecule has 0 aliphatic carbocycles. The normalized spacial score (nSPS) is 17.4. The molecule has 0 saturated carbocycles. The Hall–Kier alpha value is -2.38. The Kier molecular flexibility index (Phi) is 4.88. The van der Waals surface area contributed by atoms with Crippen LogP contribution in [0.1, 0.15) is 11.1 Å². The third-order valence-corrected chi connectivity index (χ3v) is 5.41. The molecule has 142 valence electrons. The van der Waals surface area contributed by atoms with Crippen molar-refractivity contribution in [3.63, 3.8) is 0 Å². The molecule has 1 saturated heterocycles. The summed E-state index contributed by atoms with van der Waals surface area (Å²) >= 11 is 6.41. The van der Waals surface area contributed by atoms with Crippen molar-refractivity contribution >= 4 is 29.3 Å². The third kappa shape index (κ3) is 3.57. The Labute approximate surface area is 163 Å². The van der Waals surface area contributed by atoms with E-state index >= 15 is 0 Å². The molecule has 3 heterocycles. The summed E-state index contributed by atoms with van der Waals surface area (Å²) in [5, 5.41) is 0.375. The van der Waals surface area contributed by atoms with Crippen LogP contribution in [0.4, 0.5) is 11.8 Å². The fourth-order valence-electron chi connectivity index (χ4n) is 3.40. The molecule has 27 heavy (non-hydrogen) atoms. The van der Waals surface area contributed by atoms with Crippen LogP contribution in [0, 0.1) is 0 Å². The van der Waals surface area contributed by atoms with Gasteiger partial charge in [0.1, 0.15) is 16.7 Å². The first-order valence-electron chi connectivity index (χ1n) is 8.98. The van der Waals surface area contributed by atoms with Crippen molar-refractivity contribution in [1.29, 1.82) is 0 Å². The van der Waals surface area contributed by atoms with Gasteiger partial charge < -0.3 is 14.5 Å². The van der Waals surface area contributed by atoms with Gasteiger partial charge in [0.25, 0.3) is 0 Å². The highest BCUT2D eigenvalue weighted by Crippen LogP contribution is 2.34. The first-order chi connectivity index (χ1) is 13.0. The summed E-state index contributed by atoms with van der Waals surface area (Å²) in [5.74, 6) is 2.01. The lowest BCUT2D eigenvalue weighted by molar-refractivity contribution is -0.117. The minimum atomic E-state index is -0.00690. The Morgan fingerprint density at radius 3 is 2.48 bits per heavy atom. The topological polar surface area (TPSA) is 61.8 Å². The maximum absolute atomic E-state index is 12.6. The SMILES string of the molecule is COc1ccc(CN2C(=O)Cc3c(Cl)nc(N4CCN(C)CC4)nc32)cc1. The van der Waals surface area contributed by atoms with Gasteiger partial charge in [-0.25, -0.2) is 4.98 Å². The van der Waals surface area contributed by atoms with Crippen molar-refractivity contribution in [2.45, 2.75) is 13.0 Å². The molecular weight excluding hydrogens is 366 g/mol. The second-order valence-electron chi connectivity index (χ2n) is 6.91. The number of hydrogen-bond acceptors (Lipinski definition) is 6. The van der Waals surface area contributed by atoms with Gasteiger partial charge in [-0.2, -0.15) is 4.98 Å². The van der Waals surface area contributed by atoms with Gasteiger partial charge in [-0.1, -0.05) is 23.7 Å². The van der Waals surface area contributed by atoms with Gasteiger partial charge in [-0.3, -0.25) is 9.69 Å². The van der Waals surface area contributed by atoms with E-state index in [4.69, 9.17) is 21.3 Å². The van der Waals surface area contributed by atoms with E-state index in [1.54, 1.807) is 12.0 Å². The van der Waals surface area contributed by atoms with Crippen LogP contribution >= 0.6 is 11.6 Å². The van der Waals surface area contributed by atoms with Gasteiger partial charge >= 0.3 is 0 Å². The fraction of sp³-hybridized carbons (Fsp3) is 0.421. The second-order valence-corrected chi connectivity index (χ2v) is 7.27. The highest BCUT2D eigenvalue weighted by molar-refractivity contribution is 6.31. The van der Waals surface area contributed by atoms with E-state index in [0.29, 0.717) is 29.0 Å². The van der Waals surface area contributed by atoms with E-state index < -0.39 is 0 Å². The zero-order chi connectivity index (χ0) is 19.0. The number of amides is 1. The number of benzene rings is 1. The molecule has 0 bridgehead atoms. The predicted molar refractivity (Wildman–Crippen MR) is 105 cm³/mol. The number of likely N-dealkylation sites (N-methyl/N-ethyl adjacent to an activating group) is 1. The molecule has 2 aliphatic heterocycles. The summed E-state index contributed by atoms with van der Waals surface area (Å²) in [7, 11) is 3.73. The standard InChI is InChI=1S/C19H22ClN5O2/c1-23-7-9-24(10-8-23)19-21-17(20)15-11-16(26)25(18(15)22-19)12-13-3-5-14(27-2)6-4-13/h3-6H,7-12H2,1-2H3. The average molecular weight is 388 g/mol. The van der Waals surface area contributed by atoms with Gasteiger partial charge in [-0.05, 0) is 24.7 Å². The monoisotopic (exact) mass is 387 g/mol. The lowest BCUT2D eigenvalue weighted by Gasteiger charge is -2.32. The van der Waals surface area contributed by atoms with Crippen LogP contribution in [0.5, 0.6) is 5.75 Å². The lowest BCUT2D eigenvalue weighted by Crippen LogP contribution is -2.45. The maximum atomic E-state index is 12.6. The van der Waals surface area contributed by atoms with Crippen LogP contribution < -0.4 is 14.5 Å². The summed E-state index contributed by atoms with van der Waals surface area (Å²) in [5.41, 5.74) is 1.72. The van der Waals surface area contributed by atoms with Crippen molar-refractivity contribution < 1.29 is 9.53 Å². The van der Waals surface area contributed by atoms with E-state index in [-0.39, 0.29) is 12.3 Å². The van der Waals surface area contributed by atoms with Gasteiger partial charge in [0.15, 0.2) is 0 Å². The fourth-order valence-corrected chi connectivity index (χ4v) is 3.63. The molecule has 0 spiro atoms. The zero-order valence-corrected chi connectivity index (χ0v) is 16.2. The molecule has 0 atom stereocenters. The first kappa shape index (κ1) is 18.0. The van der Waals surface area contributed by atoms with E-state index in [1.165, 1.54) is 0 Å². The second kappa shape index (κ2) is 7.32. The summed E-state index contributed by atoms with van der Waals surface area (Å²) < 4.78 is 5.20. The molecule has 1 amide bonds. The Balaban J connectivity index is 1.61. The number of halogens is 1. The number of methoxy groups -OCH3 is 1. The van der Waals surface area contributed by atoms with Crippen LogP contribution in [-0.4, -0.2) is 61.1 Å². The van der Waals surface area contributed by atoms with Crippen molar-refractivity contribution in [3.8, 4) is 5.75 Å². The van der Waals surface area contributed by atoms with E-state index in [1.807, 2.05) is 24.3 Å². The van der Waals surface area contributed by atoms with Gasteiger partial charge in [0.05, 0.1) is 20.1 Å².